The van der Waals surface area contributed by atoms with Gasteiger partial charge in [0.05, 0.1) is 28.8 Å². The van der Waals surface area contributed by atoms with E-state index in [1.807, 2.05) is 67.6 Å². The van der Waals surface area contributed by atoms with E-state index in [-0.39, 0.29) is 22.9 Å². The minimum atomic E-state index is -0.515. The average Bonchev–Trinajstić information content (AvgIpc) is 2.89. The monoisotopic (exact) mass is 493 g/mol. The van der Waals surface area contributed by atoms with Crippen molar-refractivity contribution in [2.24, 2.45) is 0 Å². The van der Waals surface area contributed by atoms with Gasteiger partial charge in [0.15, 0.2) is 0 Å². The number of hydrogen-bond donors (Lipinski definition) is 2. The summed E-state index contributed by atoms with van der Waals surface area (Å²) in [4.78, 5) is 27.1. The highest BCUT2D eigenvalue weighted by molar-refractivity contribution is 6.30. The van der Waals surface area contributed by atoms with Gasteiger partial charge in [-0.3, -0.25) is 9.36 Å². The summed E-state index contributed by atoms with van der Waals surface area (Å²) >= 11 is 6.24. The predicted molar refractivity (Wildman–Crippen MR) is 141 cm³/mol. The highest BCUT2D eigenvalue weighted by Crippen LogP contribution is 2.30. The van der Waals surface area contributed by atoms with Crippen LogP contribution in [0.5, 0.6) is 0 Å². The van der Waals surface area contributed by atoms with Crippen molar-refractivity contribution in [2.45, 2.75) is 13.0 Å². The van der Waals surface area contributed by atoms with Crippen molar-refractivity contribution in [2.75, 3.05) is 11.1 Å². The molecule has 36 heavy (non-hydrogen) atoms. The number of hydrogen-bond acceptors (Lipinski definition) is 7. The van der Waals surface area contributed by atoms with Crippen molar-refractivity contribution in [3.63, 3.8) is 0 Å². The van der Waals surface area contributed by atoms with E-state index < -0.39 is 6.04 Å². The van der Waals surface area contributed by atoms with E-state index >= 15 is 0 Å². The first kappa shape index (κ1) is 23.0. The molecule has 0 spiro atoms. The Morgan fingerprint density at radius 3 is 2.58 bits per heavy atom. The van der Waals surface area contributed by atoms with Crippen LogP contribution >= 0.6 is 11.6 Å². The van der Waals surface area contributed by atoms with Crippen molar-refractivity contribution in [3.05, 3.63) is 106 Å². The second kappa shape index (κ2) is 9.49. The molecule has 0 amide bonds. The van der Waals surface area contributed by atoms with E-state index in [1.54, 1.807) is 16.7 Å². The summed E-state index contributed by atoms with van der Waals surface area (Å²) in [6.07, 6.45) is 1.35. The van der Waals surface area contributed by atoms with E-state index in [2.05, 4.69) is 21.4 Å². The number of nitrogens with one attached hydrogen (secondary N) is 1. The molecule has 2 heterocycles. The fourth-order valence-electron chi connectivity index (χ4n) is 4.12. The van der Waals surface area contributed by atoms with Crippen molar-refractivity contribution < 1.29 is 0 Å². The molecule has 1 atom stereocenters. The van der Waals surface area contributed by atoms with Gasteiger partial charge in [-0.05, 0) is 48.4 Å². The molecule has 5 aromatic rings. The molecule has 2 aromatic heterocycles. The lowest BCUT2D eigenvalue weighted by molar-refractivity contribution is 0.731. The molecule has 176 valence electrons. The second-order valence-corrected chi connectivity index (χ2v) is 8.56. The number of benzene rings is 3. The SMILES string of the molecule is CC(Nc1nc(N)ncc1C#N)c1nc2cccc(-c3cccc(Cl)c3)c2c(=O)n1-c1ccccc1. The summed E-state index contributed by atoms with van der Waals surface area (Å²) in [7, 11) is 0. The van der Waals surface area contributed by atoms with Gasteiger partial charge in [-0.1, -0.05) is 54.1 Å². The Bertz CT molecular complexity index is 1690. The van der Waals surface area contributed by atoms with Gasteiger partial charge in [0.2, 0.25) is 5.95 Å². The number of para-hydroxylation sites is 1. The van der Waals surface area contributed by atoms with Crippen LogP contribution < -0.4 is 16.6 Å². The maximum absolute atomic E-state index is 14.1. The van der Waals surface area contributed by atoms with E-state index in [1.165, 1.54) is 6.20 Å². The summed E-state index contributed by atoms with van der Waals surface area (Å²) in [5.74, 6) is 0.740. The molecule has 3 aromatic carbocycles. The van der Waals surface area contributed by atoms with Crippen LogP contribution in [-0.4, -0.2) is 19.5 Å². The predicted octanol–water partition coefficient (Wildman–Crippen LogP) is 5.12. The van der Waals surface area contributed by atoms with Crippen LogP contribution in [0.2, 0.25) is 5.02 Å². The van der Waals surface area contributed by atoms with Crippen LogP contribution in [-0.2, 0) is 0 Å². The third kappa shape index (κ3) is 4.24. The highest BCUT2D eigenvalue weighted by atomic mass is 35.5. The minimum absolute atomic E-state index is 0.0294. The minimum Gasteiger partial charge on any atom is -0.368 e. The molecule has 0 aliphatic rings. The third-order valence-electron chi connectivity index (χ3n) is 5.74. The van der Waals surface area contributed by atoms with E-state index in [0.29, 0.717) is 27.4 Å². The maximum atomic E-state index is 14.1. The number of nitrogen functional groups attached to an aromatic ring is 1. The van der Waals surface area contributed by atoms with Crippen LogP contribution in [0.4, 0.5) is 11.8 Å². The van der Waals surface area contributed by atoms with Gasteiger partial charge < -0.3 is 11.1 Å². The standard InChI is InChI=1S/C27H20ClN7O/c1-16(32-24-18(14-29)15-31-27(30)34-24)25-33-22-12-6-11-21(17-7-5-8-19(28)13-17)23(22)26(36)35(25)20-9-3-2-4-10-20/h2-13,15-16H,1H3,(H3,30,31,32,34). The number of rotatable bonds is 5. The molecule has 0 radical (unpaired) electrons. The number of fused-ring (bicyclic) bond motifs is 1. The summed E-state index contributed by atoms with van der Waals surface area (Å²) in [6.45, 7) is 1.84. The van der Waals surface area contributed by atoms with Crippen molar-refractivity contribution in [1.29, 1.82) is 5.26 Å². The molecule has 5 rings (SSSR count). The molecule has 3 N–H and O–H groups in total. The van der Waals surface area contributed by atoms with Crippen molar-refractivity contribution in [3.8, 4) is 22.9 Å². The zero-order valence-electron chi connectivity index (χ0n) is 19.2. The quantitative estimate of drug-likeness (QED) is 0.348. The number of halogens is 1. The van der Waals surface area contributed by atoms with Gasteiger partial charge in [0.1, 0.15) is 23.3 Å². The van der Waals surface area contributed by atoms with Crippen LogP contribution in [0.15, 0.2) is 83.8 Å². The molecule has 0 saturated heterocycles. The molecule has 0 aliphatic carbocycles. The Morgan fingerprint density at radius 2 is 1.83 bits per heavy atom. The Hall–Kier alpha value is -4.74. The second-order valence-electron chi connectivity index (χ2n) is 8.12. The van der Waals surface area contributed by atoms with E-state index in [4.69, 9.17) is 22.3 Å². The molecule has 0 aliphatic heterocycles. The van der Waals surface area contributed by atoms with Gasteiger partial charge >= 0.3 is 0 Å². The smallest absolute Gasteiger partial charge is 0.266 e. The molecule has 9 heteroatoms. The third-order valence-corrected chi connectivity index (χ3v) is 5.98. The Kier molecular flexibility index (Phi) is 6.07. The molecule has 0 fully saturated rings. The van der Waals surface area contributed by atoms with Gasteiger partial charge in [-0.15, -0.1) is 0 Å². The van der Waals surface area contributed by atoms with Crippen LogP contribution in [0.3, 0.4) is 0 Å². The van der Waals surface area contributed by atoms with Crippen LogP contribution in [0.25, 0.3) is 27.7 Å². The lowest BCUT2D eigenvalue weighted by Crippen LogP contribution is -2.28. The summed E-state index contributed by atoms with van der Waals surface area (Å²) < 4.78 is 1.57. The zero-order chi connectivity index (χ0) is 25.2. The van der Waals surface area contributed by atoms with Gasteiger partial charge in [0.25, 0.3) is 5.56 Å². The molecular formula is C27H20ClN7O. The Balaban J connectivity index is 1.75. The first-order valence-electron chi connectivity index (χ1n) is 11.1. The van der Waals surface area contributed by atoms with Gasteiger partial charge in [-0.25, -0.2) is 9.97 Å². The summed E-state index contributed by atoms with van der Waals surface area (Å²) in [5, 5.41) is 13.7. The largest absolute Gasteiger partial charge is 0.368 e. The zero-order valence-corrected chi connectivity index (χ0v) is 19.9. The lowest BCUT2D eigenvalue weighted by Gasteiger charge is -2.21. The number of nitrogens with zero attached hydrogens (tertiary/aromatic N) is 5. The lowest BCUT2D eigenvalue weighted by atomic mass is 10.0. The highest BCUT2D eigenvalue weighted by Gasteiger charge is 2.21. The first-order chi connectivity index (χ1) is 17.5. The fraction of sp³-hybridized carbons (Fsp3) is 0.0741. The van der Waals surface area contributed by atoms with E-state index in [9.17, 15) is 10.1 Å². The average molecular weight is 494 g/mol. The van der Waals surface area contributed by atoms with Crippen LogP contribution in [0, 0.1) is 11.3 Å². The number of nitriles is 1. The number of anilines is 2. The van der Waals surface area contributed by atoms with Gasteiger partial charge in [0, 0.05) is 5.02 Å². The van der Waals surface area contributed by atoms with Crippen molar-refractivity contribution >= 4 is 34.3 Å². The maximum Gasteiger partial charge on any atom is 0.266 e. The fourth-order valence-corrected chi connectivity index (χ4v) is 4.31. The number of aromatic nitrogens is 4. The molecule has 0 bridgehead atoms. The summed E-state index contributed by atoms with van der Waals surface area (Å²) in [5.41, 5.74) is 8.50. The van der Waals surface area contributed by atoms with Crippen LogP contribution in [0.1, 0.15) is 24.4 Å². The first-order valence-corrected chi connectivity index (χ1v) is 11.5. The molecule has 8 nitrogen and oxygen atoms in total. The topological polar surface area (TPSA) is 123 Å². The number of nitrogens with two attached hydrogens (primary N) is 1. The normalized spacial score (nSPS) is 11.7. The summed E-state index contributed by atoms with van der Waals surface area (Å²) in [6, 6.07) is 23.7. The van der Waals surface area contributed by atoms with E-state index in [0.717, 1.165) is 11.1 Å². The van der Waals surface area contributed by atoms with Crippen molar-refractivity contribution in [1.82, 2.24) is 19.5 Å². The molecule has 0 saturated carbocycles. The Morgan fingerprint density at radius 1 is 1.06 bits per heavy atom. The Labute approximate surface area is 211 Å². The molecular weight excluding hydrogens is 474 g/mol. The van der Waals surface area contributed by atoms with Gasteiger partial charge in [-0.2, -0.15) is 10.2 Å². The molecule has 1 unspecified atom stereocenters.